The quantitative estimate of drug-likeness (QED) is 0.300. The van der Waals surface area contributed by atoms with Gasteiger partial charge in [0.25, 0.3) is 0 Å². The van der Waals surface area contributed by atoms with Gasteiger partial charge in [-0.05, 0) is 69.8 Å². The molecule has 0 atom stereocenters. The molecule has 29 heavy (non-hydrogen) atoms. The summed E-state index contributed by atoms with van der Waals surface area (Å²) in [5.41, 5.74) is 1.55. The maximum Gasteiger partial charge on any atom is 0.191 e. The molecule has 2 N–H and O–H groups in total. The van der Waals surface area contributed by atoms with Gasteiger partial charge in [-0.25, -0.2) is 4.99 Å². The second-order valence-corrected chi connectivity index (χ2v) is 8.29. The van der Waals surface area contributed by atoms with E-state index in [1.807, 2.05) is 12.1 Å². The smallest absolute Gasteiger partial charge is 0.191 e. The zero-order chi connectivity index (χ0) is 21.0. The van der Waals surface area contributed by atoms with Crippen LogP contribution >= 0.6 is 0 Å². The molecule has 164 valence electrons. The predicted octanol–water partition coefficient (Wildman–Crippen LogP) is 3.28. The average Bonchev–Trinajstić information content (AvgIpc) is 2.69. The summed E-state index contributed by atoms with van der Waals surface area (Å²) in [5.74, 6) is 1.81. The molecule has 1 aliphatic carbocycles. The Morgan fingerprint density at radius 2 is 1.90 bits per heavy atom. The van der Waals surface area contributed by atoms with Crippen LogP contribution in [-0.2, 0) is 11.3 Å². The van der Waals surface area contributed by atoms with Crippen LogP contribution in [-0.4, -0.2) is 64.9 Å². The largest absolute Gasteiger partial charge is 0.494 e. The molecule has 0 heterocycles. The van der Waals surface area contributed by atoms with Crippen molar-refractivity contribution in [3.63, 3.8) is 0 Å². The van der Waals surface area contributed by atoms with Gasteiger partial charge < -0.3 is 25.0 Å². The Balaban J connectivity index is 1.81. The summed E-state index contributed by atoms with van der Waals surface area (Å²) in [4.78, 5) is 6.94. The van der Waals surface area contributed by atoms with Crippen LogP contribution in [0.25, 0.3) is 0 Å². The van der Waals surface area contributed by atoms with Crippen LogP contribution in [0.4, 0.5) is 0 Å². The van der Waals surface area contributed by atoms with E-state index < -0.39 is 0 Å². The fourth-order valence-corrected chi connectivity index (χ4v) is 3.56. The van der Waals surface area contributed by atoms with Crippen LogP contribution in [0.1, 0.15) is 44.6 Å². The van der Waals surface area contributed by atoms with Crippen molar-refractivity contribution in [2.45, 2.75) is 45.6 Å². The van der Waals surface area contributed by atoms with Crippen molar-refractivity contribution in [2.24, 2.45) is 10.4 Å². The Labute approximate surface area is 177 Å². The van der Waals surface area contributed by atoms with Gasteiger partial charge in [0.15, 0.2) is 5.96 Å². The first-order valence-corrected chi connectivity index (χ1v) is 10.9. The number of nitrogens with zero attached hydrogens (tertiary/aromatic N) is 2. The number of ether oxygens (including phenoxy) is 2. The average molecular weight is 405 g/mol. The lowest BCUT2D eigenvalue weighted by molar-refractivity contribution is 0.0732. The van der Waals surface area contributed by atoms with Crippen molar-refractivity contribution in [1.82, 2.24) is 15.5 Å². The molecule has 6 heteroatoms. The van der Waals surface area contributed by atoms with Gasteiger partial charge in [-0.3, -0.25) is 0 Å². The summed E-state index contributed by atoms with van der Waals surface area (Å²) in [6.45, 7) is 7.19. The highest BCUT2D eigenvalue weighted by atomic mass is 16.5. The monoisotopic (exact) mass is 404 g/mol. The van der Waals surface area contributed by atoms with E-state index in [0.717, 1.165) is 57.4 Å². The molecule has 1 saturated carbocycles. The Morgan fingerprint density at radius 3 is 2.48 bits per heavy atom. The molecule has 1 aromatic rings. The molecule has 0 unspecified atom stereocenters. The van der Waals surface area contributed by atoms with Gasteiger partial charge in [-0.1, -0.05) is 18.6 Å². The Bertz CT molecular complexity index is 597. The third kappa shape index (κ3) is 8.62. The maximum atomic E-state index is 5.81. The number of hydrogen-bond acceptors (Lipinski definition) is 4. The Hall–Kier alpha value is -1.79. The number of hydrogen-bond donors (Lipinski definition) is 2. The zero-order valence-corrected chi connectivity index (χ0v) is 18.8. The zero-order valence-electron chi connectivity index (χ0n) is 18.8. The third-order valence-corrected chi connectivity index (χ3v) is 5.59. The molecule has 0 bridgehead atoms. The number of aliphatic imine (C=N–C) groups is 1. The molecular formula is C23H40N4O2. The summed E-state index contributed by atoms with van der Waals surface area (Å²) in [5, 5.41) is 6.92. The van der Waals surface area contributed by atoms with E-state index >= 15 is 0 Å². The second-order valence-electron chi connectivity index (χ2n) is 8.29. The molecule has 2 rings (SSSR count). The van der Waals surface area contributed by atoms with Crippen molar-refractivity contribution in [3.05, 3.63) is 29.8 Å². The molecule has 1 aliphatic rings. The molecule has 1 fully saturated rings. The highest BCUT2D eigenvalue weighted by Gasteiger charge is 2.36. The SMILES string of the molecule is CCNC(=NCc1ccc(OCCCN(C)C)cc1)NCC1(CCOC)CCC1. The van der Waals surface area contributed by atoms with E-state index in [4.69, 9.17) is 14.5 Å². The number of rotatable bonds is 13. The lowest BCUT2D eigenvalue weighted by Gasteiger charge is -2.42. The summed E-state index contributed by atoms with van der Waals surface area (Å²) < 4.78 is 11.1. The van der Waals surface area contributed by atoms with E-state index in [2.05, 4.69) is 48.7 Å². The molecule has 0 amide bonds. The van der Waals surface area contributed by atoms with Crippen LogP contribution in [0.5, 0.6) is 5.75 Å². The van der Waals surface area contributed by atoms with Crippen molar-refractivity contribution < 1.29 is 9.47 Å². The van der Waals surface area contributed by atoms with Gasteiger partial charge in [0.05, 0.1) is 13.2 Å². The fraction of sp³-hybridized carbons (Fsp3) is 0.696. The van der Waals surface area contributed by atoms with Gasteiger partial charge in [0.2, 0.25) is 0 Å². The molecule has 1 aromatic carbocycles. The molecular weight excluding hydrogens is 364 g/mol. The normalized spacial score (nSPS) is 15.8. The van der Waals surface area contributed by atoms with E-state index in [1.165, 1.54) is 24.8 Å². The van der Waals surface area contributed by atoms with Gasteiger partial charge >= 0.3 is 0 Å². The Morgan fingerprint density at radius 1 is 1.14 bits per heavy atom. The molecule has 0 spiro atoms. The van der Waals surface area contributed by atoms with Gasteiger partial charge in [-0.2, -0.15) is 0 Å². The molecule has 0 aliphatic heterocycles. The first kappa shape index (κ1) is 23.5. The number of nitrogens with one attached hydrogen (secondary N) is 2. The van der Waals surface area contributed by atoms with E-state index in [1.54, 1.807) is 7.11 Å². The summed E-state index contributed by atoms with van der Waals surface area (Å²) >= 11 is 0. The van der Waals surface area contributed by atoms with Gasteiger partial charge in [0.1, 0.15) is 5.75 Å². The minimum atomic E-state index is 0.373. The van der Waals surface area contributed by atoms with Crippen molar-refractivity contribution >= 4 is 5.96 Å². The first-order valence-electron chi connectivity index (χ1n) is 10.9. The summed E-state index contributed by atoms with van der Waals surface area (Å²) in [6, 6.07) is 8.27. The fourth-order valence-electron chi connectivity index (χ4n) is 3.56. The van der Waals surface area contributed by atoms with Crippen LogP contribution in [0.3, 0.4) is 0 Å². The number of benzene rings is 1. The summed E-state index contributed by atoms with van der Waals surface area (Å²) in [6.07, 6.45) is 6.02. The van der Waals surface area contributed by atoms with Crippen molar-refractivity contribution in [1.29, 1.82) is 0 Å². The molecule has 0 saturated heterocycles. The van der Waals surface area contributed by atoms with Crippen LogP contribution in [0.15, 0.2) is 29.3 Å². The van der Waals surface area contributed by atoms with E-state index in [-0.39, 0.29) is 0 Å². The van der Waals surface area contributed by atoms with Crippen LogP contribution in [0, 0.1) is 5.41 Å². The standard InChI is InChI=1S/C23H40N4O2/c1-5-24-22(26-19-23(12-6-13-23)14-17-28-4)25-18-20-8-10-21(11-9-20)29-16-7-15-27(2)3/h8-11H,5-7,12-19H2,1-4H3,(H2,24,25,26). The maximum absolute atomic E-state index is 5.81. The predicted molar refractivity (Wildman–Crippen MR) is 121 cm³/mol. The molecule has 0 radical (unpaired) electrons. The highest BCUT2D eigenvalue weighted by molar-refractivity contribution is 5.79. The second kappa shape index (κ2) is 12.7. The van der Waals surface area contributed by atoms with Gasteiger partial charge in [0, 0.05) is 33.4 Å². The number of methoxy groups -OCH3 is 1. The lowest BCUT2D eigenvalue weighted by atomic mass is 9.67. The lowest BCUT2D eigenvalue weighted by Crippen LogP contribution is -2.46. The van der Waals surface area contributed by atoms with Crippen molar-refractivity contribution in [3.8, 4) is 5.75 Å². The van der Waals surface area contributed by atoms with Crippen LogP contribution in [0.2, 0.25) is 0 Å². The van der Waals surface area contributed by atoms with Crippen molar-refractivity contribution in [2.75, 3.05) is 54.1 Å². The topological polar surface area (TPSA) is 58.1 Å². The highest BCUT2D eigenvalue weighted by Crippen LogP contribution is 2.43. The van der Waals surface area contributed by atoms with Crippen LogP contribution < -0.4 is 15.4 Å². The van der Waals surface area contributed by atoms with Gasteiger partial charge in [-0.15, -0.1) is 0 Å². The summed E-state index contributed by atoms with van der Waals surface area (Å²) in [7, 11) is 5.94. The minimum absolute atomic E-state index is 0.373. The first-order chi connectivity index (χ1) is 14.1. The van der Waals surface area contributed by atoms with E-state index in [0.29, 0.717) is 12.0 Å². The van der Waals surface area contributed by atoms with E-state index in [9.17, 15) is 0 Å². The molecule has 0 aromatic heterocycles. The Kier molecular flexibility index (Phi) is 10.3. The third-order valence-electron chi connectivity index (χ3n) is 5.59. The minimum Gasteiger partial charge on any atom is -0.494 e. The molecule has 6 nitrogen and oxygen atoms in total. The number of guanidine groups is 1.